The number of carbonyl (C=O) groups is 1. The van der Waals surface area contributed by atoms with Crippen LogP contribution in [0.1, 0.15) is 27.4 Å². The number of methoxy groups -OCH3 is 2. The Bertz CT molecular complexity index is 707. The molecule has 0 aliphatic rings. The van der Waals surface area contributed by atoms with Crippen LogP contribution in [0.15, 0.2) is 24.3 Å². The van der Waals surface area contributed by atoms with Gasteiger partial charge < -0.3 is 14.8 Å². The van der Waals surface area contributed by atoms with Crippen molar-refractivity contribution in [3.05, 3.63) is 52.7 Å². The van der Waals surface area contributed by atoms with Gasteiger partial charge in [0.2, 0.25) is 0 Å². The molecule has 0 unspecified atom stereocenters. The molecule has 1 aromatic carbocycles. The molecule has 2 aromatic rings. The predicted molar refractivity (Wildman–Crippen MR) is 82.5 cm³/mol. The van der Waals surface area contributed by atoms with Crippen molar-refractivity contribution in [3.63, 3.8) is 0 Å². The maximum Gasteiger partial charge on any atom is 0.337 e. The molecule has 122 valence electrons. The molecule has 0 fully saturated rings. The molecule has 2 rings (SSSR count). The SMILES string of the molecule is COCc1nc(C)cc(NCc2cc(C(=O)OC)ccc2F)n1. The molecule has 0 amide bonds. The molecule has 23 heavy (non-hydrogen) atoms. The molecular weight excluding hydrogens is 301 g/mol. The average molecular weight is 319 g/mol. The lowest BCUT2D eigenvalue weighted by Gasteiger charge is -2.10. The van der Waals surface area contributed by atoms with Gasteiger partial charge in [-0.25, -0.2) is 19.2 Å². The third-order valence-corrected chi connectivity index (χ3v) is 3.10. The molecule has 0 saturated carbocycles. The summed E-state index contributed by atoms with van der Waals surface area (Å²) >= 11 is 0. The lowest BCUT2D eigenvalue weighted by atomic mass is 10.1. The Balaban J connectivity index is 2.16. The first-order chi connectivity index (χ1) is 11.0. The van der Waals surface area contributed by atoms with E-state index in [0.29, 0.717) is 29.4 Å². The van der Waals surface area contributed by atoms with E-state index in [1.165, 1.54) is 25.3 Å². The van der Waals surface area contributed by atoms with Gasteiger partial charge in [-0.1, -0.05) is 0 Å². The molecule has 6 nitrogen and oxygen atoms in total. The Morgan fingerprint density at radius 3 is 2.74 bits per heavy atom. The molecule has 0 aliphatic carbocycles. The normalized spacial score (nSPS) is 10.4. The summed E-state index contributed by atoms with van der Waals surface area (Å²) in [4.78, 5) is 20.0. The number of hydrogen-bond donors (Lipinski definition) is 1. The first-order valence-electron chi connectivity index (χ1n) is 6.97. The summed E-state index contributed by atoms with van der Waals surface area (Å²) < 4.78 is 23.5. The number of ether oxygens (including phenoxy) is 2. The zero-order valence-corrected chi connectivity index (χ0v) is 13.2. The van der Waals surface area contributed by atoms with Crippen LogP contribution in [-0.2, 0) is 22.6 Å². The van der Waals surface area contributed by atoms with Gasteiger partial charge in [0, 0.05) is 31.0 Å². The second-order valence-electron chi connectivity index (χ2n) is 4.90. The third-order valence-electron chi connectivity index (χ3n) is 3.10. The van der Waals surface area contributed by atoms with Gasteiger partial charge in [0.25, 0.3) is 0 Å². The first kappa shape index (κ1) is 16.8. The number of carbonyl (C=O) groups excluding carboxylic acids is 1. The smallest absolute Gasteiger partial charge is 0.337 e. The number of anilines is 1. The highest BCUT2D eigenvalue weighted by Gasteiger charge is 2.10. The first-order valence-corrected chi connectivity index (χ1v) is 6.97. The monoisotopic (exact) mass is 319 g/mol. The van der Waals surface area contributed by atoms with Crippen LogP contribution in [0.25, 0.3) is 0 Å². The van der Waals surface area contributed by atoms with Crippen molar-refractivity contribution in [2.75, 3.05) is 19.5 Å². The maximum absolute atomic E-state index is 13.9. The molecule has 0 spiro atoms. The van der Waals surface area contributed by atoms with Crippen LogP contribution in [0.2, 0.25) is 0 Å². The number of esters is 1. The highest BCUT2D eigenvalue weighted by atomic mass is 19.1. The Kier molecular flexibility index (Phi) is 5.59. The van der Waals surface area contributed by atoms with Crippen LogP contribution in [0.4, 0.5) is 10.2 Å². The van der Waals surface area contributed by atoms with Gasteiger partial charge in [-0.3, -0.25) is 0 Å². The zero-order chi connectivity index (χ0) is 16.8. The van der Waals surface area contributed by atoms with Crippen molar-refractivity contribution >= 4 is 11.8 Å². The topological polar surface area (TPSA) is 73.3 Å². The molecule has 0 atom stereocenters. The van der Waals surface area contributed by atoms with E-state index < -0.39 is 11.8 Å². The van der Waals surface area contributed by atoms with E-state index in [1.54, 1.807) is 13.2 Å². The van der Waals surface area contributed by atoms with Gasteiger partial charge >= 0.3 is 5.97 Å². The van der Waals surface area contributed by atoms with Gasteiger partial charge in [0.1, 0.15) is 18.2 Å². The predicted octanol–water partition coefficient (Wildman–Crippen LogP) is 2.47. The van der Waals surface area contributed by atoms with Gasteiger partial charge in [-0.2, -0.15) is 0 Å². The second-order valence-corrected chi connectivity index (χ2v) is 4.90. The van der Waals surface area contributed by atoms with Crippen LogP contribution < -0.4 is 5.32 Å². The molecule has 0 radical (unpaired) electrons. The van der Waals surface area contributed by atoms with Crippen molar-refractivity contribution in [2.45, 2.75) is 20.1 Å². The van der Waals surface area contributed by atoms with Crippen molar-refractivity contribution in [2.24, 2.45) is 0 Å². The minimum atomic E-state index is -0.508. The Labute approximate surface area is 133 Å². The van der Waals surface area contributed by atoms with E-state index in [9.17, 15) is 9.18 Å². The van der Waals surface area contributed by atoms with E-state index in [1.807, 2.05) is 6.92 Å². The van der Waals surface area contributed by atoms with Crippen LogP contribution in [-0.4, -0.2) is 30.2 Å². The Hall–Kier alpha value is -2.54. The fourth-order valence-corrected chi connectivity index (χ4v) is 2.06. The lowest BCUT2D eigenvalue weighted by Crippen LogP contribution is -2.09. The Morgan fingerprint density at radius 1 is 1.26 bits per heavy atom. The summed E-state index contributed by atoms with van der Waals surface area (Å²) in [6.07, 6.45) is 0. The highest BCUT2D eigenvalue weighted by molar-refractivity contribution is 5.89. The van der Waals surface area contributed by atoms with Crippen molar-refractivity contribution in [1.29, 1.82) is 0 Å². The number of aromatic nitrogens is 2. The zero-order valence-electron chi connectivity index (χ0n) is 13.2. The number of rotatable bonds is 6. The molecule has 0 saturated heterocycles. The summed E-state index contributed by atoms with van der Waals surface area (Å²) in [5, 5.41) is 3.03. The number of halogens is 1. The minimum Gasteiger partial charge on any atom is -0.465 e. The Morgan fingerprint density at radius 2 is 2.04 bits per heavy atom. The highest BCUT2D eigenvalue weighted by Crippen LogP contribution is 2.14. The number of nitrogens with one attached hydrogen (secondary N) is 1. The van der Waals surface area contributed by atoms with Crippen molar-refractivity contribution in [3.8, 4) is 0 Å². The van der Waals surface area contributed by atoms with E-state index >= 15 is 0 Å². The number of aryl methyl sites for hydroxylation is 1. The van der Waals surface area contributed by atoms with Crippen LogP contribution >= 0.6 is 0 Å². The lowest BCUT2D eigenvalue weighted by molar-refractivity contribution is 0.0600. The van der Waals surface area contributed by atoms with E-state index in [4.69, 9.17) is 4.74 Å². The van der Waals surface area contributed by atoms with Crippen LogP contribution in [0, 0.1) is 12.7 Å². The van der Waals surface area contributed by atoms with Crippen LogP contribution in [0.3, 0.4) is 0 Å². The van der Waals surface area contributed by atoms with E-state index in [0.717, 1.165) is 5.69 Å². The maximum atomic E-state index is 13.9. The summed E-state index contributed by atoms with van der Waals surface area (Å²) in [7, 11) is 2.84. The number of benzene rings is 1. The molecule has 0 aliphatic heterocycles. The van der Waals surface area contributed by atoms with Crippen molar-refractivity contribution < 1.29 is 18.7 Å². The fraction of sp³-hybridized carbons (Fsp3) is 0.312. The van der Waals surface area contributed by atoms with Gasteiger partial charge in [-0.15, -0.1) is 0 Å². The van der Waals surface area contributed by atoms with Gasteiger partial charge in [-0.05, 0) is 25.1 Å². The number of nitrogens with zero attached hydrogens (tertiary/aromatic N) is 2. The van der Waals surface area contributed by atoms with E-state index in [2.05, 4.69) is 20.0 Å². The molecule has 0 bridgehead atoms. The van der Waals surface area contributed by atoms with E-state index in [-0.39, 0.29) is 6.54 Å². The molecule has 1 aromatic heterocycles. The van der Waals surface area contributed by atoms with Gasteiger partial charge in [0.05, 0.1) is 12.7 Å². The summed E-state index contributed by atoms with van der Waals surface area (Å²) in [6.45, 7) is 2.31. The summed E-state index contributed by atoms with van der Waals surface area (Å²) in [5.74, 6) is 0.186. The molecular formula is C16H18FN3O3. The standard InChI is InChI=1S/C16H18FN3O3/c1-10-6-14(20-15(19-10)9-22-2)18-8-12-7-11(16(21)23-3)4-5-13(12)17/h4-7H,8-9H2,1-3H3,(H,18,19,20). The minimum absolute atomic E-state index is 0.180. The van der Waals surface area contributed by atoms with Crippen LogP contribution in [0.5, 0.6) is 0 Å². The average Bonchev–Trinajstić information content (AvgIpc) is 2.53. The third kappa shape index (κ3) is 4.46. The van der Waals surface area contributed by atoms with Crippen molar-refractivity contribution in [1.82, 2.24) is 9.97 Å². The molecule has 7 heteroatoms. The van der Waals surface area contributed by atoms with Gasteiger partial charge in [0.15, 0.2) is 5.82 Å². The second kappa shape index (κ2) is 7.64. The molecule has 1 N–H and O–H groups in total. The molecule has 1 heterocycles. The number of hydrogen-bond acceptors (Lipinski definition) is 6. The summed E-state index contributed by atoms with van der Waals surface area (Å²) in [6, 6.07) is 5.83. The largest absolute Gasteiger partial charge is 0.465 e. The fourth-order valence-electron chi connectivity index (χ4n) is 2.06. The quantitative estimate of drug-likeness (QED) is 0.825. The summed E-state index contributed by atoms with van der Waals surface area (Å²) in [5.41, 5.74) is 1.42.